The maximum Gasteiger partial charge on any atom is 3.00 e. The number of halogens is 40. The first-order valence-corrected chi connectivity index (χ1v) is 15.5. The quantitative estimate of drug-likeness (QED) is 0.0903. The van der Waals surface area contributed by atoms with Gasteiger partial charge in [-0.25, -0.2) is 25.7 Å². The average molecular weight is 1420 g/mol. The third-order valence-electron chi connectivity index (χ3n) is 6.41. The van der Waals surface area contributed by atoms with Gasteiger partial charge in [0.1, 0.15) is 23.1 Å². The zero-order valence-corrected chi connectivity index (χ0v) is 35.7. The fraction of sp³-hybridized carbons (Fsp3) is 0.571. The smallest absolute Gasteiger partial charge is 0.369 e. The maximum absolute atomic E-state index is 12.5. The molecule has 0 aliphatic rings. The number of rotatable bonds is 16. The minimum absolute atomic E-state index is 0. The normalized spacial score (nSPS) is 13.8. The fourth-order valence-corrected chi connectivity index (χ4v) is 2.50. The fourth-order valence-electron chi connectivity index (χ4n) is 2.50. The standard InChI is InChI=1S/4C7HF10O2.H3N.Yb/c4*8-4(9,6(13,14)7(15,16)17)2(18)1-3(19)5(10,11)12;;/h4*1H;1H3;/q4*-1;;+3/p+1. The summed E-state index contributed by atoms with van der Waals surface area (Å²) in [5.74, 6) is -81.3. The molecule has 0 bridgehead atoms. The molecule has 0 aromatic rings. The topological polar surface area (TPSA) is 173 Å². The molecule has 0 heterocycles. The number of carbonyl (C=O) groups is 8. The van der Waals surface area contributed by atoms with E-state index in [1.165, 1.54) is 0 Å². The molecule has 0 saturated carbocycles. The Hall–Kier alpha value is -4.48. The molecular formula is C28H8F40NO8Yb. The van der Waals surface area contributed by atoms with Gasteiger partial charge in [0.2, 0.25) is 0 Å². The Morgan fingerprint density at radius 1 is 0.192 bits per heavy atom. The van der Waals surface area contributed by atoms with E-state index >= 15 is 0 Å². The Kier molecular flexibility index (Phi) is 28.2. The molecule has 0 aliphatic carbocycles. The van der Waals surface area contributed by atoms with Crippen LogP contribution in [0.4, 0.5) is 176 Å². The third kappa shape index (κ3) is 20.6. The molecule has 50 heteroatoms. The summed E-state index contributed by atoms with van der Waals surface area (Å²) in [7, 11) is 0. The van der Waals surface area contributed by atoms with Crippen LogP contribution in [0.1, 0.15) is 0 Å². The van der Waals surface area contributed by atoms with Crippen LogP contribution in [0.25, 0.3) is 0 Å². The van der Waals surface area contributed by atoms with E-state index in [0.29, 0.717) is 0 Å². The number of hydrogen-bond donors (Lipinski definition) is 1. The second-order valence-electron chi connectivity index (χ2n) is 12.1. The molecule has 9 nitrogen and oxygen atoms in total. The van der Waals surface area contributed by atoms with Crippen molar-refractivity contribution in [2.45, 2.75) is 96.8 Å². The van der Waals surface area contributed by atoms with E-state index < -0.39 is 169 Å². The summed E-state index contributed by atoms with van der Waals surface area (Å²) in [6.07, 6.45) is -57.2. The maximum atomic E-state index is 12.5. The Labute approximate surface area is 434 Å². The molecule has 1 radical (unpaired) electrons. The number of hydrogen-bond acceptors (Lipinski definition) is 8. The number of quaternary nitrogens is 1. The Morgan fingerprint density at radius 3 is 0.346 bits per heavy atom. The molecule has 0 amide bonds. The van der Waals surface area contributed by atoms with Crippen LogP contribution in [0.3, 0.4) is 0 Å². The van der Waals surface area contributed by atoms with Gasteiger partial charge in [-0.15, -0.1) is 0 Å². The molecule has 0 aromatic carbocycles. The van der Waals surface area contributed by atoms with Crippen molar-refractivity contribution in [1.82, 2.24) is 6.15 Å². The first kappa shape index (κ1) is 84.8. The predicted octanol–water partition coefficient (Wildman–Crippen LogP) is 11.3. The van der Waals surface area contributed by atoms with Crippen LogP contribution in [0.5, 0.6) is 0 Å². The zero-order chi connectivity index (χ0) is 63.4. The molecule has 0 saturated heterocycles. The summed E-state index contributed by atoms with van der Waals surface area (Å²) in [6, 6.07) is 0. The zero-order valence-electron chi connectivity index (χ0n) is 34.0. The molecule has 0 fully saturated rings. The predicted molar refractivity (Wildman–Crippen MR) is 151 cm³/mol. The minimum atomic E-state index is -6.92. The molecule has 0 aliphatic heterocycles. The number of Topliss-reactive ketones (excluding diaryl/α,β-unsaturated/α-hetero) is 8. The van der Waals surface area contributed by atoms with Crippen LogP contribution < -0.4 is 6.15 Å². The molecule has 0 rings (SSSR count). The first-order valence-electron chi connectivity index (χ1n) is 15.5. The molecule has 0 unspecified atom stereocenters. The van der Waals surface area contributed by atoms with Crippen LogP contribution in [-0.4, -0.2) is 143 Å². The van der Waals surface area contributed by atoms with Gasteiger partial charge in [-0.3, -0.25) is 0 Å². The molecule has 0 aromatic heterocycles. The molecule has 4 N–H and O–H groups in total. The van der Waals surface area contributed by atoms with E-state index in [2.05, 4.69) is 0 Å². The van der Waals surface area contributed by atoms with Crippen molar-refractivity contribution in [3.63, 3.8) is 0 Å². The van der Waals surface area contributed by atoms with Crippen LogP contribution >= 0.6 is 0 Å². The van der Waals surface area contributed by atoms with E-state index in [1.54, 1.807) is 0 Å². The molecule has 467 valence electrons. The second-order valence-corrected chi connectivity index (χ2v) is 12.1. The van der Waals surface area contributed by atoms with Crippen molar-refractivity contribution in [3.05, 3.63) is 25.7 Å². The first-order chi connectivity index (χ1) is 32.2. The Bertz CT molecular complexity index is 1820. The van der Waals surface area contributed by atoms with Gasteiger partial charge in [0.15, 0.2) is 0 Å². The van der Waals surface area contributed by atoms with Gasteiger partial charge in [0.25, 0.3) is 0 Å². The van der Waals surface area contributed by atoms with E-state index in [1.807, 2.05) is 0 Å². The largest absolute Gasteiger partial charge is 3.00 e. The van der Waals surface area contributed by atoms with Crippen molar-refractivity contribution in [1.29, 1.82) is 0 Å². The SMILES string of the molecule is O=C([CH-]C(=O)C(F)(F)C(F)(F)C(F)(F)F)C(F)(F)F.O=C([CH-]C(=O)C(F)(F)C(F)(F)C(F)(F)F)C(F)(F)F.O=C([CH-]C(=O)C(F)(F)C(F)(F)C(F)(F)F)C(F)(F)F.O=C([CH-]C(=O)C(F)(F)C(F)(F)C(F)(F)F)C(F)(F)F.[NH4+].[Yb+3]. The van der Waals surface area contributed by atoms with Crippen molar-refractivity contribution < 1.29 is 261 Å². The number of ketones is 8. The van der Waals surface area contributed by atoms with Gasteiger partial charge in [0.05, 0.1) is 23.1 Å². The second kappa shape index (κ2) is 26.0. The molecule has 78 heavy (non-hydrogen) atoms. The number of alkyl halides is 40. The van der Waals surface area contributed by atoms with Crippen molar-refractivity contribution in [3.8, 4) is 0 Å². The van der Waals surface area contributed by atoms with Crippen molar-refractivity contribution in [2.24, 2.45) is 0 Å². The molecule has 0 spiro atoms. The van der Waals surface area contributed by atoms with Crippen LogP contribution in [0.2, 0.25) is 0 Å². The summed E-state index contributed by atoms with van der Waals surface area (Å²) in [5.41, 5.74) is 0. The molecule has 0 atom stereocenters. The van der Waals surface area contributed by atoms with Gasteiger partial charge in [-0.05, 0) is 0 Å². The third-order valence-corrected chi connectivity index (χ3v) is 6.41. The van der Waals surface area contributed by atoms with Gasteiger partial charge >= 0.3 is 144 Å². The summed E-state index contributed by atoms with van der Waals surface area (Å²) in [5, 5.41) is 0. The monoisotopic (exact) mass is 1420 g/mol. The van der Waals surface area contributed by atoms with Crippen LogP contribution in [0.15, 0.2) is 0 Å². The minimum Gasteiger partial charge on any atom is -0.369 e. The summed E-state index contributed by atoms with van der Waals surface area (Å²) < 4.78 is 475. The van der Waals surface area contributed by atoms with E-state index in [0.717, 1.165) is 0 Å². The van der Waals surface area contributed by atoms with Gasteiger partial charge in [-0.1, -0.05) is 0 Å². The Balaban J connectivity index is -0.000000220. The summed E-state index contributed by atoms with van der Waals surface area (Å²) in [6.45, 7) is 0. The average Bonchev–Trinajstić information content (AvgIpc) is 3.14. The van der Waals surface area contributed by atoms with E-state index in [9.17, 15) is 214 Å². The summed E-state index contributed by atoms with van der Waals surface area (Å²) in [4.78, 5) is 81.4. The van der Waals surface area contributed by atoms with Crippen LogP contribution in [-0.2, 0) is 38.4 Å². The van der Waals surface area contributed by atoms with Crippen molar-refractivity contribution >= 4 is 46.3 Å². The summed E-state index contributed by atoms with van der Waals surface area (Å²) >= 11 is 0. The van der Waals surface area contributed by atoms with Gasteiger partial charge in [0, 0.05) is 0 Å². The van der Waals surface area contributed by atoms with E-state index in [-0.39, 0.29) is 53.1 Å². The number of carbonyl (C=O) groups excluding carboxylic acids is 8. The van der Waals surface area contributed by atoms with Crippen molar-refractivity contribution in [2.75, 3.05) is 0 Å². The van der Waals surface area contributed by atoms with Gasteiger partial charge in [-0.2, -0.15) is 176 Å². The molecular weight excluding hydrogens is 1410 g/mol. The van der Waals surface area contributed by atoms with Crippen LogP contribution in [0, 0.1) is 72.6 Å². The van der Waals surface area contributed by atoms with Gasteiger partial charge < -0.3 is 44.5 Å². The Morgan fingerprint density at radius 2 is 0.282 bits per heavy atom. The van der Waals surface area contributed by atoms with E-state index in [4.69, 9.17) is 0 Å².